The van der Waals surface area contributed by atoms with Crippen LogP contribution in [-0.4, -0.2) is 4.98 Å². The molecule has 0 amide bonds. The van der Waals surface area contributed by atoms with Crippen LogP contribution in [-0.2, 0) is 0 Å². The van der Waals surface area contributed by atoms with E-state index in [1.807, 2.05) is 30.3 Å². The number of fused-ring (bicyclic) bond motifs is 1. The fourth-order valence-electron chi connectivity index (χ4n) is 1.69. The summed E-state index contributed by atoms with van der Waals surface area (Å²) >= 11 is 13.8. The van der Waals surface area contributed by atoms with Gasteiger partial charge in [0.15, 0.2) is 5.58 Å². The number of hydrogen-bond donors (Lipinski definition) is 1. The van der Waals surface area contributed by atoms with Gasteiger partial charge in [-0.05, 0) is 40.2 Å². The smallest absolute Gasteiger partial charge is 0.227 e. The normalized spacial score (nSPS) is 11.1. The van der Waals surface area contributed by atoms with Crippen LogP contribution in [0.1, 0.15) is 0 Å². The number of aromatic nitrogens is 1. The van der Waals surface area contributed by atoms with E-state index < -0.39 is 0 Å². The van der Waals surface area contributed by atoms with Crippen molar-refractivity contribution in [2.24, 2.45) is 0 Å². The molecule has 0 N–H and O–H groups in total. The van der Waals surface area contributed by atoms with Crippen LogP contribution in [0.2, 0.25) is 5.02 Å². The van der Waals surface area contributed by atoms with Crippen LogP contribution in [0.25, 0.3) is 22.6 Å². The summed E-state index contributed by atoms with van der Waals surface area (Å²) in [4.78, 5) is 5.17. The minimum absolute atomic E-state index is 0.543. The third-order valence-corrected chi connectivity index (χ3v) is 4.59. The molecule has 5 heteroatoms. The second-order valence-electron chi connectivity index (χ2n) is 3.78. The molecule has 0 aliphatic carbocycles. The van der Waals surface area contributed by atoms with E-state index in [0.29, 0.717) is 10.9 Å². The van der Waals surface area contributed by atoms with Crippen molar-refractivity contribution in [1.82, 2.24) is 4.98 Å². The van der Waals surface area contributed by atoms with Gasteiger partial charge in [-0.15, -0.1) is 12.6 Å². The van der Waals surface area contributed by atoms with Crippen molar-refractivity contribution in [2.75, 3.05) is 0 Å². The molecule has 0 aliphatic heterocycles. The summed E-state index contributed by atoms with van der Waals surface area (Å²) in [5, 5.41) is 0.583. The zero-order chi connectivity index (χ0) is 12.7. The van der Waals surface area contributed by atoms with Gasteiger partial charge >= 0.3 is 0 Å². The van der Waals surface area contributed by atoms with E-state index in [2.05, 4.69) is 33.5 Å². The van der Waals surface area contributed by atoms with E-state index in [1.165, 1.54) is 0 Å². The first-order valence-electron chi connectivity index (χ1n) is 5.19. The van der Waals surface area contributed by atoms with Crippen LogP contribution >= 0.6 is 40.2 Å². The number of rotatable bonds is 1. The number of nitrogens with zero attached hydrogens (tertiary/aromatic N) is 1. The van der Waals surface area contributed by atoms with E-state index in [9.17, 15) is 0 Å². The first-order valence-corrected chi connectivity index (χ1v) is 6.81. The van der Waals surface area contributed by atoms with Crippen molar-refractivity contribution in [3.05, 3.63) is 45.9 Å². The number of benzene rings is 2. The molecule has 0 saturated heterocycles. The molecule has 18 heavy (non-hydrogen) atoms. The fourth-order valence-corrected chi connectivity index (χ4v) is 2.47. The van der Waals surface area contributed by atoms with Crippen molar-refractivity contribution in [2.45, 2.75) is 4.90 Å². The van der Waals surface area contributed by atoms with Crippen LogP contribution in [0.4, 0.5) is 0 Å². The summed E-state index contributed by atoms with van der Waals surface area (Å²) in [5.41, 5.74) is 2.39. The highest BCUT2D eigenvalue weighted by Crippen LogP contribution is 2.34. The van der Waals surface area contributed by atoms with E-state index >= 15 is 0 Å². The Morgan fingerprint density at radius 1 is 1.22 bits per heavy atom. The van der Waals surface area contributed by atoms with Gasteiger partial charge in [0.1, 0.15) is 5.52 Å². The molecule has 0 radical (unpaired) electrons. The predicted octanol–water partition coefficient (Wildman–Crippen LogP) is 5.20. The maximum Gasteiger partial charge on any atom is 0.227 e. The maximum atomic E-state index is 6.10. The maximum absolute atomic E-state index is 6.10. The Morgan fingerprint density at radius 3 is 2.72 bits per heavy atom. The predicted molar refractivity (Wildman–Crippen MR) is 79.4 cm³/mol. The molecule has 1 heterocycles. The molecule has 0 spiro atoms. The lowest BCUT2D eigenvalue weighted by Gasteiger charge is -2.02. The summed E-state index contributed by atoms with van der Waals surface area (Å²) in [5.74, 6) is 0.543. The Balaban J connectivity index is 2.20. The Kier molecular flexibility index (Phi) is 3.09. The Labute approximate surface area is 123 Å². The van der Waals surface area contributed by atoms with Gasteiger partial charge in [0.05, 0.1) is 5.02 Å². The summed E-state index contributed by atoms with van der Waals surface area (Å²) in [7, 11) is 0. The van der Waals surface area contributed by atoms with Crippen LogP contribution in [0, 0.1) is 0 Å². The van der Waals surface area contributed by atoms with E-state index in [0.717, 1.165) is 26.0 Å². The number of halogens is 2. The van der Waals surface area contributed by atoms with Crippen LogP contribution < -0.4 is 0 Å². The highest BCUT2D eigenvalue weighted by molar-refractivity contribution is 9.10. The molecule has 2 aromatic carbocycles. The second-order valence-corrected chi connectivity index (χ2v) is 5.46. The lowest BCUT2D eigenvalue weighted by atomic mass is 10.2. The van der Waals surface area contributed by atoms with Crippen molar-refractivity contribution in [3.8, 4) is 11.5 Å². The fraction of sp³-hybridized carbons (Fsp3) is 0. The summed E-state index contributed by atoms with van der Waals surface area (Å²) < 4.78 is 6.46. The van der Waals surface area contributed by atoms with Gasteiger partial charge < -0.3 is 4.42 Å². The Bertz CT molecular complexity index is 685. The first-order chi connectivity index (χ1) is 8.65. The molecular weight excluding hydrogens is 334 g/mol. The van der Waals surface area contributed by atoms with Crippen LogP contribution in [0.5, 0.6) is 0 Å². The SMILES string of the molecule is Sc1cc(-c2nc3ccccc3o2)cc(Cl)c1Br. The lowest BCUT2D eigenvalue weighted by molar-refractivity contribution is 0.619. The molecule has 1 aromatic heterocycles. The Hall–Kier alpha value is -0.970. The minimum atomic E-state index is 0.543. The number of hydrogen-bond acceptors (Lipinski definition) is 3. The van der Waals surface area contributed by atoms with E-state index in [1.54, 1.807) is 6.07 Å². The van der Waals surface area contributed by atoms with E-state index in [4.69, 9.17) is 16.0 Å². The summed E-state index contributed by atoms with van der Waals surface area (Å²) in [6.45, 7) is 0. The number of para-hydroxylation sites is 2. The van der Waals surface area contributed by atoms with Gasteiger partial charge in [0.25, 0.3) is 0 Å². The van der Waals surface area contributed by atoms with Crippen molar-refractivity contribution in [3.63, 3.8) is 0 Å². The topological polar surface area (TPSA) is 26.0 Å². The number of oxazole rings is 1. The molecule has 3 rings (SSSR count). The lowest BCUT2D eigenvalue weighted by Crippen LogP contribution is -1.80. The van der Waals surface area contributed by atoms with Crippen molar-refractivity contribution in [1.29, 1.82) is 0 Å². The van der Waals surface area contributed by atoms with Gasteiger partial charge in [-0.25, -0.2) is 4.98 Å². The van der Waals surface area contributed by atoms with Crippen molar-refractivity contribution >= 4 is 51.3 Å². The molecule has 90 valence electrons. The Morgan fingerprint density at radius 2 is 2.00 bits per heavy atom. The molecule has 0 fully saturated rings. The molecule has 0 unspecified atom stereocenters. The molecule has 0 atom stereocenters. The molecule has 0 bridgehead atoms. The zero-order valence-electron chi connectivity index (χ0n) is 9.02. The average molecular weight is 341 g/mol. The molecule has 3 aromatic rings. The average Bonchev–Trinajstić information content (AvgIpc) is 2.79. The van der Waals surface area contributed by atoms with Gasteiger partial charge in [0, 0.05) is 14.9 Å². The number of thiol groups is 1. The monoisotopic (exact) mass is 339 g/mol. The highest BCUT2D eigenvalue weighted by atomic mass is 79.9. The third-order valence-electron chi connectivity index (χ3n) is 2.55. The molecule has 2 nitrogen and oxygen atoms in total. The largest absolute Gasteiger partial charge is 0.436 e. The third kappa shape index (κ3) is 2.05. The van der Waals surface area contributed by atoms with Gasteiger partial charge in [-0.1, -0.05) is 23.7 Å². The van der Waals surface area contributed by atoms with Crippen molar-refractivity contribution < 1.29 is 4.42 Å². The van der Waals surface area contributed by atoms with Gasteiger partial charge in [-0.3, -0.25) is 0 Å². The minimum Gasteiger partial charge on any atom is -0.436 e. The summed E-state index contributed by atoms with van der Waals surface area (Å²) in [6, 6.07) is 11.3. The molecule has 0 saturated carbocycles. The quantitative estimate of drug-likeness (QED) is 0.616. The first kappa shape index (κ1) is 12.1. The zero-order valence-corrected chi connectivity index (χ0v) is 12.3. The molecular formula is C13H7BrClNOS. The van der Waals surface area contributed by atoms with E-state index in [-0.39, 0.29) is 0 Å². The second kappa shape index (κ2) is 4.61. The summed E-state index contributed by atoms with van der Waals surface area (Å²) in [6.07, 6.45) is 0. The van der Waals surface area contributed by atoms with Gasteiger partial charge in [0.2, 0.25) is 5.89 Å². The standard InChI is InChI=1S/C13H7BrClNOS/c14-12-8(15)5-7(6-11(12)18)13-16-9-3-1-2-4-10(9)17-13/h1-6,18H. The highest BCUT2D eigenvalue weighted by Gasteiger charge is 2.11. The van der Waals surface area contributed by atoms with Crippen LogP contribution in [0.15, 0.2) is 50.2 Å². The van der Waals surface area contributed by atoms with Gasteiger partial charge in [-0.2, -0.15) is 0 Å². The molecule has 0 aliphatic rings. The van der Waals surface area contributed by atoms with Crippen LogP contribution in [0.3, 0.4) is 0 Å².